The van der Waals surface area contributed by atoms with Gasteiger partial charge in [0.05, 0.1) is 5.92 Å². The van der Waals surface area contributed by atoms with Gasteiger partial charge in [-0.15, -0.1) is 0 Å². The molecule has 0 aromatic heterocycles. The summed E-state index contributed by atoms with van der Waals surface area (Å²) in [6.07, 6.45) is 9.80. The molecule has 2 aliphatic rings. The number of hydrogen-bond acceptors (Lipinski definition) is 2. The van der Waals surface area contributed by atoms with Gasteiger partial charge in [0.2, 0.25) is 0 Å². The predicted molar refractivity (Wildman–Crippen MR) is 91.4 cm³/mol. The molecule has 124 valence electrons. The molecule has 0 amide bonds. The lowest BCUT2D eigenvalue weighted by Gasteiger charge is -2.47. The van der Waals surface area contributed by atoms with Crippen LogP contribution in [0.25, 0.3) is 0 Å². The highest BCUT2D eigenvalue weighted by atomic mass is 16.5. The number of carbonyl (C=O) groups excluding carboxylic acids is 1. The van der Waals surface area contributed by atoms with Crippen LogP contribution in [-0.2, 0) is 9.53 Å². The SMILES string of the molecule is CC[C@H](C)C(=O)O[C@H]1CCC=C2C=C[C@H](C)C(C(C)(C)C)C21. The van der Waals surface area contributed by atoms with Crippen molar-refractivity contribution >= 4 is 5.97 Å². The van der Waals surface area contributed by atoms with E-state index in [1.807, 2.05) is 13.8 Å². The van der Waals surface area contributed by atoms with Crippen molar-refractivity contribution in [1.82, 2.24) is 0 Å². The van der Waals surface area contributed by atoms with E-state index >= 15 is 0 Å². The second-order valence-electron chi connectivity index (χ2n) is 8.20. The van der Waals surface area contributed by atoms with Gasteiger partial charge in [-0.2, -0.15) is 0 Å². The number of ether oxygens (including phenoxy) is 1. The van der Waals surface area contributed by atoms with Crippen molar-refractivity contribution < 1.29 is 9.53 Å². The van der Waals surface area contributed by atoms with E-state index in [2.05, 4.69) is 45.9 Å². The third-order valence-corrected chi connectivity index (χ3v) is 5.44. The highest BCUT2D eigenvalue weighted by Crippen LogP contribution is 2.49. The number of hydrogen-bond donors (Lipinski definition) is 0. The second-order valence-corrected chi connectivity index (χ2v) is 8.20. The fraction of sp³-hybridized carbons (Fsp3) is 0.750. The minimum absolute atomic E-state index is 0.000927. The van der Waals surface area contributed by atoms with E-state index in [0.717, 1.165) is 19.3 Å². The molecule has 0 aromatic carbocycles. The molecule has 2 aliphatic carbocycles. The molecule has 5 atom stereocenters. The Kier molecular flexibility index (Phi) is 5.19. The zero-order valence-corrected chi connectivity index (χ0v) is 15.1. The van der Waals surface area contributed by atoms with Crippen LogP contribution in [0.1, 0.15) is 60.8 Å². The Labute approximate surface area is 136 Å². The molecule has 0 radical (unpaired) electrons. The van der Waals surface area contributed by atoms with Crippen LogP contribution >= 0.6 is 0 Å². The van der Waals surface area contributed by atoms with E-state index in [-0.39, 0.29) is 23.4 Å². The molecule has 0 saturated heterocycles. The molecule has 0 bridgehead atoms. The van der Waals surface area contributed by atoms with Crippen LogP contribution < -0.4 is 0 Å². The summed E-state index contributed by atoms with van der Waals surface area (Å²) in [6.45, 7) is 13.2. The molecule has 0 saturated carbocycles. The number of allylic oxidation sites excluding steroid dienone is 3. The van der Waals surface area contributed by atoms with Crippen LogP contribution in [0.5, 0.6) is 0 Å². The van der Waals surface area contributed by atoms with Crippen molar-refractivity contribution in [2.45, 2.75) is 66.9 Å². The first-order chi connectivity index (χ1) is 10.3. The normalized spacial score (nSPS) is 32.9. The Morgan fingerprint density at radius 3 is 2.68 bits per heavy atom. The second kappa shape index (κ2) is 6.60. The van der Waals surface area contributed by atoms with Gasteiger partial charge < -0.3 is 4.74 Å². The maximum atomic E-state index is 12.3. The van der Waals surface area contributed by atoms with Crippen LogP contribution in [0, 0.1) is 29.1 Å². The van der Waals surface area contributed by atoms with Gasteiger partial charge in [0.25, 0.3) is 0 Å². The van der Waals surface area contributed by atoms with E-state index in [4.69, 9.17) is 4.74 Å². The van der Waals surface area contributed by atoms with Crippen molar-refractivity contribution in [2.75, 3.05) is 0 Å². The molecular formula is C20H32O2. The van der Waals surface area contributed by atoms with Crippen molar-refractivity contribution in [3.63, 3.8) is 0 Å². The maximum Gasteiger partial charge on any atom is 0.308 e. The lowest BCUT2D eigenvalue weighted by atomic mass is 9.59. The molecule has 2 rings (SSSR count). The van der Waals surface area contributed by atoms with Gasteiger partial charge in [0.1, 0.15) is 6.10 Å². The minimum Gasteiger partial charge on any atom is -0.461 e. The van der Waals surface area contributed by atoms with Crippen molar-refractivity contribution in [3.8, 4) is 0 Å². The summed E-state index contributed by atoms with van der Waals surface area (Å²) < 4.78 is 5.97. The monoisotopic (exact) mass is 304 g/mol. The molecule has 0 aromatic rings. The van der Waals surface area contributed by atoms with Crippen LogP contribution in [0.3, 0.4) is 0 Å². The van der Waals surface area contributed by atoms with Crippen LogP contribution in [0.2, 0.25) is 0 Å². The zero-order valence-electron chi connectivity index (χ0n) is 15.1. The van der Waals surface area contributed by atoms with Gasteiger partial charge in [0, 0.05) is 5.92 Å². The highest BCUT2D eigenvalue weighted by molar-refractivity contribution is 5.72. The Morgan fingerprint density at radius 1 is 1.41 bits per heavy atom. The first kappa shape index (κ1) is 17.3. The predicted octanol–water partition coefficient (Wildman–Crippen LogP) is 5.15. The third kappa shape index (κ3) is 3.47. The van der Waals surface area contributed by atoms with Crippen LogP contribution in [0.4, 0.5) is 0 Å². The molecule has 22 heavy (non-hydrogen) atoms. The number of fused-ring (bicyclic) bond motifs is 1. The molecule has 0 fully saturated rings. The summed E-state index contributed by atoms with van der Waals surface area (Å²) in [5.74, 6) is 1.35. The summed E-state index contributed by atoms with van der Waals surface area (Å²) in [5, 5.41) is 0. The molecular weight excluding hydrogens is 272 g/mol. The van der Waals surface area contributed by atoms with Crippen LogP contribution in [-0.4, -0.2) is 12.1 Å². The molecule has 0 spiro atoms. The first-order valence-electron chi connectivity index (χ1n) is 8.84. The molecule has 2 heteroatoms. The van der Waals surface area contributed by atoms with Gasteiger partial charge in [-0.1, -0.05) is 59.8 Å². The average molecular weight is 304 g/mol. The van der Waals surface area contributed by atoms with Gasteiger partial charge in [0.15, 0.2) is 0 Å². The zero-order chi connectivity index (χ0) is 16.5. The lowest BCUT2D eigenvalue weighted by molar-refractivity contribution is -0.159. The third-order valence-electron chi connectivity index (χ3n) is 5.44. The number of esters is 1. The molecule has 2 unspecified atom stereocenters. The van der Waals surface area contributed by atoms with Gasteiger partial charge in [-0.25, -0.2) is 0 Å². The topological polar surface area (TPSA) is 26.3 Å². The lowest BCUT2D eigenvalue weighted by Crippen LogP contribution is -2.44. The van der Waals surface area contributed by atoms with E-state index < -0.39 is 0 Å². The van der Waals surface area contributed by atoms with Gasteiger partial charge in [-0.05, 0) is 42.1 Å². The summed E-state index contributed by atoms with van der Waals surface area (Å²) in [4.78, 5) is 12.3. The molecule has 0 N–H and O–H groups in total. The first-order valence-corrected chi connectivity index (χ1v) is 8.84. The number of rotatable bonds is 3. The van der Waals surface area contributed by atoms with E-state index in [1.54, 1.807) is 0 Å². The van der Waals surface area contributed by atoms with E-state index in [0.29, 0.717) is 17.8 Å². The van der Waals surface area contributed by atoms with Crippen LogP contribution in [0.15, 0.2) is 23.8 Å². The summed E-state index contributed by atoms with van der Waals surface area (Å²) in [6, 6.07) is 0. The standard InChI is InChI=1S/C20H32O2/c1-7-13(2)19(21)22-16-10-8-9-15-12-11-14(3)18(17(15)16)20(4,5)6/h9,11-14,16-18H,7-8,10H2,1-6H3/t13-,14-,16-,17?,18?/m0/s1. The summed E-state index contributed by atoms with van der Waals surface area (Å²) >= 11 is 0. The molecule has 0 aliphatic heterocycles. The van der Waals surface area contributed by atoms with Gasteiger partial charge in [-0.3, -0.25) is 4.79 Å². The maximum absolute atomic E-state index is 12.3. The van der Waals surface area contributed by atoms with Crippen molar-refractivity contribution in [2.24, 2.45) is 29.1 Å². The van der Waals surface area contributed by atoms with Crippen molar-refractivity contribution in [3.05, 3.63) is 23.8 Å². The number of carbonyl (C=O) groups is 1. The molecule has 0 heterocycles. The fourth-order valence-electron chi connectivity index (χ4n) is 4.16. The summed E-state index contributed by atoms with van der Waals surface area (Å²) in [7, 11) is 0. The minimum atomic E-state index is -0.0244. The smallest absolute Gasteiger partial charge is 0.308 e. The van der Waals surface area contributed by atoms with E-state index in [1.165, 1.54) is 5.57 Å². The quantitative estimate of drug-likeness (QED) is 0.674. The molecule has 2 nitrogen and oxygen atoms in total. The van der Waals surface area contributed by atoms with E-state index in [9.17, 15) is 4.79 Å². The fourth-order valence-corrected chi connectivity index (χ4v) is 4.16. The Morgan fingerprint density at radius 2 is 2.09 bits per heavy atom. The highest BCUT2D eigenvalue weighted by Gasteiger charge is 2.45. The largest absolute Gasteiger partial charge is 0.461 e. The summed E-state index contributed by atoms with van der Waals surface area (Å²) in [5.41, 5.74) is 1.58. The average Bonchev–Trinajstić information content (AvgIpc) is 2.45. The Hall–Kier alpha value is -1.05. The Bertz CT molecular complexity index is 467. The van der Waals surface area contributed by atoms with Gasteiger partial charge >= 0.3 is 5.97 Å². The van der Waals surface area contributed by atoms with Crippen molar-refractivity contribution in [1.29, 1.82) is 0 Å². The Balaban J connectivity index is 2.27.